The summed E-state index contributed by atoms with van der Waals surface area (Å²) in [6, 6.07) is 15.9. The Morgan fingerprint density at radius 1 is 1.17 bits per heavy atom. The van der Waals surface area contributed by atoms with Crippen LogP contribution in [0.3, 0.4) is 0 Å². The van der Waals surface area contributed by atoms with E-state index in [2.05, 4.69) is 22.1 Å². The van der Waals surface area contributed by atoms with E-state index in [-0.39, 0.29) is 12.2 Å². The average molecular weight is 324 g/mol. The first-order valence-corrected chi connectivity index (χ1v) is 7.72. The topological polar surface area (TPSA) is 55.0 Å². The predicted molar refractivity (Wildman–Crippen MR) is 94.7 cm³/mol. The van der Waals surface area contributed by atoms with E-state index >= 15 is 0 Å². The molecule has 23 heavy (non-hydrogen) atoms. The summed E-state index contributed by atoms with van der Waals surface area (Å²) in [6.45, 7) is 1.86. The molecule has 0 aliphatic carbocycles. The van der Waals surface area contributed by atoms with Crippen LogP contribution in [0.4, 0.5) is 0 Å². The fraction of sp³-hybridized carbons (Fsp3) is 0.167. The maximum absolute atomic E-state index is 12.1. The maximum Gasteiger partial charge on any atom is 0.258 e. The van der Waals surface area contributed by atoms with E-state index in [9.17, 15) is 4.79 Å². The molecule has 0 amide bonds. The van der Waals surface area contributed by atoms with Crippen molar-refractivity contribution in [2.45, 2.75) is 20.0 Å². The lowest BCUT2D eigenvalue weighted by Gasteiger charge is -2.06. The normalized spacial score (nSPS) is 10.7. The molecule has 0 radical (unpaired) electrons. The Hall–Kier alpha value is -2.53. The lowest BCUT2D eigenvalue weighted by molar-refractivity contribution is 0.288. The van der Waals surface area contributed by atoms with Crippen LogP contribution in [0.5, 0.6) is 0 Å². The lowest BCUT2D eigenvalue weighted by Crippen LogP contribution is -2.13. The first-order chi connectivity index (χ1) is 11.1. The van der Waals surface area contributed by atoms with E-state index in [0.29, 0.717) is 21.8 Å². The summed E-state index contributed by atoms with van der Waals surface area (Å²) >= 11 is 4.88. The number of H-pyrrole nitrogens is 1. The fourth-order valence-electron chi connectivity index (χ4n) is 2.41. The van der Waals surface area contributed by atoms with Gasteiger partial charge in [0.15, 0.2) is 5.05 Å². The molecule has 5 heteroatoms. The van der Waals surface area contributed by atoms with Crippen molar-refractivity contribution in [1.82, 2.24) is 9.97 Å². The van der Waals surface area contributed by atoms with Crippen LogP contribution in [0.2, 0.25) is 0 Å². The van der Waals surface area contributed by atoms with Crippen molar-refractivity contribution < 1.29 is 4.74 Å². The van der Waals surface area contributed by atoms with Crippen LogP contribution in [0, 0.1) is 0 Å². The fourth-order valence-corrected chi connectivity index (χ4v) is 2.47. The van der Waals surface area contributed by atoms with E-state index in [1.165, 1.54) is 5.56 Å². The van der Waals surface area contributed by atoms with Gasteiger partial charge in [0.05, 0.1) is 10.9 Å². The first-order valence-electron chi connectivity index (χ1n) is 7.31. The van der Waals surface area contributed by atoms with Gasteiger partial charge in [0.2, 0.25) is 0 Å². The van der Waals surface area contributed by atoms with Crippen molar-refractivity contribution in [3.05, 3.63) is 75.8 Å². The highest BCUT2D eigenvalue weighted by molar-refractivity contribution is 7.80. The maximum atomic E-state index is 12.1. The third kappa shape index (κ3) is 3.81. The third-order valence-electron chi connectivity index (χ3n) is 3.48. The third-order valence-corrected chi connectivity index (χ3v) is 3.60. The minimum atomic E-state index is -0.165. The van der Waals surface area contributed by atoms with Gasteiger partial charge in [0.25, 0.3) is 5.56 Å². The van der Waals surface area contributed by atoms with E-state index in [4.69, 9.17) is 17.0 Å². The number of hydrogen-bond acceptors (Lipinski definition) is 4. The summed E-state index contributed by atoms with van der Waals surface area (Å²) in [5, 5.41) is 0.996. The number of benzene rings is 2. The van der Waals surface area contributed by atoms with Crippen LogP contribution in [0.1, 0.15) is 23.9 Å². The number of ether oxygens (including phenoxy) is 1. The Balaban J connectivity index is 1.94. The number of nitrogens with zero attached hydrogens (tertiary/aromatic N) is 1. The molecule has 0 saturated carbocycles. The second-order valence-electron chi connectivity index (χ2n) is 5.31. The first kappa shape index (κ1) is 15.4. The van der Waals surface area contributed by atoms with E-state index in [1.54, 1.807) is 6.92 Å². The second-order valence-corrected chi connectivity index (χ2v) is 5.88. The molecule has 116 valence electrons. The molecule has 3 rings (SSSR count). The van der Waals surface area contributed by atoms with Crippen LogP contribution in [-0.4, -0.2) is 15.0 Å². The van der Waals surface area contributed by atoms with Gasteiger partial charge in [0.1, 0.15) is 12.4 Å². The van der Waals surface area contributed by atoms with Crippen molar-refractivity contribution >= 4 is 28.2 Å². The van der Waals surface area contributed by atoms with Gasteiger partial charge in [-0.15, -0.1) is 0 Å². The zero-order valence-corrected chi connectivity index (χ0v) is 13.5. The van der Waals surface area contributed by atoms with Gasteiger partial charge >= 0.3 is 0 Å². The molecule has 4 nitrogen and oxygen atoms in total. The molecule has 0 unspecified atom stereocenters. The Labute approximate surface area is 139 Å². The second kappa shape index (κ2) is 6.71. The molecule has 2 aromatic carbocycles. The summed E-state index contributed by atoms with van der Waals surface area (Å²) in [5.74, 6) is 0.476. The van der Waals surface area contributed by atoms with Crippen molar-refractivity contribution in [3.63, 3.8) is 0 Å². The smallest absolute Gasteiger partial charge is 0.258 e. The van der Waals surface area contributed by atoms with Gasteiger partial charge in [-0.1, -0.05) is 36.4 Å². The minimum Gasteiger partial charge on any atom is -0.479 e. The average Bonchev–Trinajstić information content (AvgIpc) is 2.53. The van der Waals surface area contributed by atoms with Gasteiger partial charge in [-0.05, 0) is 41.9 Å². The molecule has 0 aliphatic rings. The van der Waals surface area contributed by atoms with Crippen molar-refractivity contribution in [3.8, 4) is 0 Å². The predicted octanol–water partition coefficient (Wildman–Crippen LogP) is 3.38. The summed E-state index contributed by atoms with van der Waals surface area (Å²) in [6.07, 6.45) is 0.802. The van der Waals surface area contributed by atoms with E-state index in [0.717, 1.165) is 12.0 Å². The summed E-state index contributed by atoms with van der Waals surface area (Å²) < 4.78 is 5.26. The van der Waals surface area contributed by atoms with Crippen LogP contribution in [0.25, 0.3) is 10.9 Å². The highest BCUT2D eigenvalue weighted by atomic mass is 32.1. The molecule has 1 aromatic heterocycles. The Morgan fingerprint density at radius 3 is 2.70 bits per heavy atom. The highest BCUT2D eigenvalue weighted by Gasteiger charge is 2.06. The molecule has 1 heterocycles. The number of hydrogen-bond donors (Lipinski definition) is 1. The van der Waals surface area contributed by atoms with Gasteiger partial charge in [-0.25, -0.2) is 4.98 Å². The summed E-state index contributed by atoms with van der Waals surface area (Å²) in [5.41, 5.74) is 2.83. The van der Waals surface area contributed by atoms with Gasteiger partial charge in [-0.2, -0.15) is 0 Å². The number of thiocarbonyl (C=S) groups is 1. The minimum absolute atomic E-state index is 0.165. The Morgan fingerprint density at radius 2 is 1.96 bits per heavy atom. The number of rotatable bonds is 4. The van der Waals surface area contributed by atoms with Crippen molar-refractivity contribution in [1.29, 1.82) is 0 Å². The number of nitrogens with one attached hydrogen (secondary N) is 1. The number of aromatic amines is 1. The van der Waals surface area contributed by atoms with Crippen LogP contribution >= 0.6 is 12.2 Å². The molecule has 0 aliphatic heterocycles. The standard InChI is InChI=1S/C18H16N2O2S/c1-12(23)22-11-17-19-16-10-14(7-8-15(16)18(21)20-17)9-13-5-3-2-4-6-13/h2-8,10H,9,11H2,1H3,(H,19,20,21). The lowest BCUT2D eigenvalue weighted by atomic mass is 10.0. The molecular weight excluding hydrogens is 308 g/mol. The largest absolute Gasteiger partial charge is 0.479 e. The molecule has 0 fully saturated rings. The molecule has 0 bridgehead atoms. The van der Waals surface area contributed by atoms with Crippen molar-refractivity contribution in [2.75, 3.05) is 0 Å². The monoisotopic (exact) mass is 324 g/mol. The van der Waals surface area contributed by atoms with Crippen molar-refractivity contribution in [2.24, 2.45) is 0 Å². The Bertz CT molecular complexity index is 904. The van der Waals surface area contributed by atoms with Gasteiger partial charge < -0.3 is 9.72 Å². The molecule has 0 saturated heterocycles. The zero-order valence-electron chi connectivity index (χ0n) is 12.7. The van der Waals surface area contributed by atoms with Crippen LogP contribution < -0.4 is 5.56 Å². The van der Waals surface area contributed by atoms with Gasteiger partial charge in [-0.3, -0.25) is 4.79 Å². The zero-order chi connectivity index (χ0) is 16.2. The summed E-state index contributed by atoms with van der Waals surface area (Å²) in [4.78, 5) is 19.3. The van der Waals surface area contributed by atoms with E-state index < -0.39 is 0 Å². The summed E-state index contributed by atoms with van der Waals surface area (Å²) in [7, 11) is 0. The van der Waals surface area contributed by atoms with Crippen LogP contribution in [-0.2, 0) is 17.8 Å². The molecule has 1 N–H and O–H groups in total. The highest BCUT2D eigenvalue weighted by Crippen LogP contribution is 2.14. The number of aromatic nitrogens is 2. The SMILES string of the molecule is CC(=S)OCc1nc2cc(Cc3ccccc3)ccc2c(=O)[nH]1. The quantitative estimate of drug-likeness (QED) is 0.748. The van der Waals surface area contributed by atoms with Crippen LogP contribution in [0.15, 0.2) is 53.3 Å². The molecule has 0 spiro atoms. The molecule has 3 aromatic rings. The van der Waals surface area contributed by atoms with Gasteiger partial charge in [0, 0.05) is 6.92 Å². The Kier molecular flexibility index (Phi) is 4.48. The molecule has 0 atom stereocenters. The number of fused-ring (bicyclic) bond motifs is 1. The molecular formula is C18H16N2O2S. The van der Waals surface area contributed by atoms with E-state index in [1.807, 2.05) is 36.4 Å².